The molecule has 7 heteroatoms. The molecule has 0 bridgehead atoms. The highest BCUT2D eigenvalue weighted by atomic mass is 32.2. The molecule has 0 atom stereocenters. The monoisotopic (exact) mass is 272 g/mol. The summed E-state index contributed by atoms with van der Waals surface area (Å²) < 4.78 is 23.8. The number of nitrogens with zero attached hydrogens (tertiary/aromatic N) is 2. The first-order valence-corrected chi connectivity index (χ1v) is 7.48. The van der Waals surface area contributed by atoms with E-state index in [0.717, 1.165) is 45.0 Å². The molecule has 0 aromatic rings. The van der Waals surface area contributed by atoms with Crippen molar-refractivity contribution in [2.45, 2.75) is 25.7 Å². The summed E-state index contributed by atoms with van der Waals surface area (Å²) in [5, 5.41) is 8.74. The Hall–Kier alpha value is -1.21. The van der Waals surface area contributed by atoms with Crippen LogP contribution in [0.5, 0.6) is 0 Å². The van der Waals surface area contributed by atoms with Crippen LogP contribution in [0.1, 0.15) is 25.7 Å². The average molecular weight is 272 g/mol. The molecular weight excluding hydrogens is 256 g/mol. The Morgan fingerprint density at radius 2 is 1.89 bits per heavy atom. The molecule has 18 heavy (non-hydrogen) atoms. The van der Waals surface area contributed by atoms with Gasteiger partial charge in [-0.25, -0.2) is 18.2 Å². The summed E-state index contributed by atoms with van der Waals surface area (Å²) in [6, 6.07) is 0. The number of rotatable bonds is 3. The van der Waals surface area contributed by atoms with Crippen LogP contribution >= 0.6 is 0 Å². The number of hydrogen-bond acceptors (Lipinski definition) is 5. The maximum Gasteiger partial charge on any atom is 0.349 e. The fraction of sp³-hybridized carbons (Fsp3) is 0.636. The summed E-state index contributed by atoms with van der Waals surface area (Å²) in [5.41, 5.74) is 0. The van der Waals surface area contributed by atoms with Gasteiger partial charge in [0, 0.05) is 0 Å². The second-order valence-corrected chi connectivity index (χ2v) is 6.43. The van der Waals surface area contributed by atoms with E-state index < -0.39 is 20.7 Å². The Morgan fingerprint density at radius 3 is 2.39 bits per heavy atom. The van der Waals surface area contributed by atoms with E-state index in [-0.39, 0.29) is 11.6 Å². The zero-order chi connectivity index (χ0) is 13.2. The number of aliphatic imine (C=N–C) groups is 1. The van der Waals surface area contributed by atoms with Crippen LogP contribution in [-0.2, 0) is 14.6 Å². The van der Waals surface area contributed by atoms with Crippen molar-refractivity contribution in [2.75, 3.05) is 19.6 Å². The minimum Gasteiger partial charge on any atom is -0.477 e. The predicted molar refractivity (Wildman–Crippen MR) is 67.0 cm³/mol. The molecule has 0 radical (unpaired) electrons. The fourth-order valence-electron chi connectivity index (χ4n) is 2.18. The fourth-order valence-corrected chi connectivity index (χ4v) is 3.40. The lowest BCUT2D eigenvalue weighted by atomic mass is 10.2. The number of sulfone groups is 1. The molecule has 0 aliphatic carbocycles. The highest BCUT2D eigenvalue weighted by molar-refractivity contribution is 8.10. The van der Waals surface area contributed by atoms with Gasteiger partial charge in [0.25, 0.3) is 0 Å². The highest BCUT2D eigenvalue weighted by Crippen LogP contribution is 2.19. The SMILES string of the molecule is O=C(O)C1=CN=C(CN2CCCCCC2)S1(=O)=O. The Labute approximate surface area is 106 Å². The van der Waals surface area contributed by atoms with E-state index in [9.17, 15) is 13.2 Å². The van der Waals surface area contributed by atoms with Crippen LogP contribution < -0.4 is 0 Å². The van der Waals surface area contributed by atoms with Gasteiger partial charge in [0.2, 0.25) is 9.84 Å². The van der Waals surface area contributed by atoms with E-state index in [4.69, 9.17) is 5.11 Å². The molecule has 2 rings (SSSR count). The Balaban J connectivity index is 2.06. The summed E-state index contributed by atoms with van der Waals surface area (Å²) >= 11 is 0. The van der Waals surface area contributed by atoms with E-state index in [0.29, 0.717) is 0 Å². The van der Waals surface area contributed by atoms with Crippen molar-refractivity contribution in [3.63, 3.8) is 0 Å². The van der Waals surface area contributed by atoms with Gasteiger partial charge in [0.1, 0.15) is 0 Å². The molecule has 1 fully saturated rings. The Morgan fingerprint density at radius 1 is 1.28 bits per heavy atom. The number of carboxylic acids is 1. The van der Waals surface area contributed by atoms with E-state index >= 15 is 0 Å². The lowest BCUT2D eigenvalue weighted by Crippen LogP contribution is -2.34. The summed E-state index contributed by atoms with van der Waals surface area (Å²) in [4.78, 5) is 15.9. The van der Waals surface area contributed by atoms with Gasteiger partial charge in [-0.2, -0.15) is 0 Å². The molecule has 1 saturated heterocycles. The molecule has 100 valence electrons. The van der Waals surface area contributed by atoms with Gasteiger partial charge in [0.15, 0.2) is 9.95 Å². The van der Waals surface area contributed by atoms with Crippen LogP contribution in [0.15, 0.2) is 16.1 Å². The third kappa shape index (κ3) is 2.62. The van der Waals surface area contributed by atoms with Crippen molar-refractivity contribution in [3.05, 3.63) is 11.1 Å². The van der Waals surface area contributed by atoms with Gasteiger partial charge >= 0.3 is 5.97 Å². The molecule has 0 saturated carbocycles. The number of carbonyl (C=O) groups is 1. The number of likely N-dealkylation sites (tertiary alicyclic amines) is 1. The van der Waals surface area contributed by atoms with Crippen molar-refractivity contribution in [2.24, 2.45) is 4.99 Å². The summed E-state index contributed by atoms with van der Waals surface area (Å²) in [5.74, 6) is -1.44. The Bertz CT molecular complexity index is 499. The van der Waals surface area contributed by atoms with Gasteiger partial charge in [-0.15, -0.1) is 0 Å². The summed E-state index contributed by atoms with van der Waals surface area (Å²) in [6.07, 6.45) is 5.35. The third-order valence-electron chi connectivity index (χ3n) is 3.19. The highest BCUT2D eigenvalue weighted by Gasteiger charge is 2.35. The third-order valence-corrected chi connectivity index (χ3v) is 4.91. The zero-order valence-electron chi connectivity index (χ0n) is 10.0. The smallest absolute Gasteiger partial charge is 0.349 e. The molecule has 0 spiro atoms. The number of aliphatic carboxylic acids is 1. The first-order chi connectivity index (χ1) is 8.51. The van der Waals surface area contributed by atoms with Gasteiger partial charge in [-0.05, 0) is 25.9 Å². The molecule has 2 heterocycles. The summed E-state index contributed by atoms with van der Waals surface area (Å²) in [7, 11) is -3.87. The second kappa shape index (κ2) is 5.19. The average Bonchev–Trinajstić information content (AvgIpc) is 2.50. The minimum atomic E-state index is -3.87. The maximum absolute atomic E-state index is 11.9. The van der Waals surface area contributed by atoms with Crippen molar-refractivity contribution in [1.29, 1.82) is 0 Å². The quantitative estimate of drug-likeness (QED) is 0.813. The number of carboxylic acid groups (broad SMARTS) is 1. The van der Waals surface area contributed by atoms with Crippen molar-refractivity contribution in [3.8, 4) is 0 Å². The molecule has 2 aliphatic rings. The molecular formula is C11H16N2O4S. The standard InChI is InChI=1S/C11H16N2O4S/c14-11(15)9-7-12-10(18(9,16)17)8-13-5-3-1-2-4-6-13/h7H,1-6,8H2,(H,14,15). The van der Waals surface area contributed by atoms with Crippen LogP contribution in [0.3, 0.4) is 0 Å². The van der Waals surface area contributed by atoms with Crippen molar-refractivity contribution < 1.29 is 18.3 Å². The van der Waals surface area contributed by atoms with Crippen LogP contribution in [0.4, 0.5) is 0 Å². The van der Waals surface area contributed by atoms with Crippen LogP contribution in [0, 0.1) is 0 Å². The van der Waals surface area contributed by atoms with Crippen LogP contribution in [0.25, 0.3) is 0 Å². The molecule has 0 aromatic heterocycles. The number of hydrogen-bond donors (Lipinski definition) is 1. The van der Waals surface area contributed by atoms with Gasteiger partial charge in [-0.1, -0.05) is 12.8 Å². The zero-order valence-corrected chi connectivity index (χ0v) is 10.8. The van der Waals surface area contributed by atoms with Crippen molar-refractivity contribution >= 4 is 20.9 Å². The maximum atomic E-state index is 11.9. The molecule has 0 aromatic carbocycles. The second-order valence-electron chi connectivity index (χ2n) is 4.52. The lowest BCUT2D eigenvalue weighted by molar-refractivity contribution is -0.131. The Kier molecular flexibility index (Phi) is 3.82. The summed E-state index contributed by atoms with van der Waals surface area (Å²) in [6.45, 7) is 1.91. The van der Waals surface area contributed by atoms with E-state index in [1.54, 1.807) is 0 Å². The minimum absolute atomic E-state index is 0.0400. The van der Waals surface area contributed by atoms with E-state index in [2.05, 4.69) is 4.99 Å². The van der Waals surface area contributed by atoms with Crippen molar-refractivity contribution in [1.82, 2.24) is 4.90 Å². The molecule has 1 N–H and O–H groups in total. The lowest BCUT2D eigenvalue weighted by Gasteiger charge is -2.19. The van der Waals surface area contributed by atoms with Gasteiger partial charge in [0.05, 0.1) is 12.7 Å². The van der Waals surface area contributed by atoms with Gasteiger partial charge in [-0.3, -0.25) is 4.90 Å². The largest absolute Gasteiger partial charge is 0.477 e. The van der Waals surface area contributed by atoms with Crippen LogP contribution in [0.2, 0.25) is 0 Å². The molecule has 6 nitrogen and oxygen atoms in total. The molecule has 2 aliphatic heterocycles. The first-order valence-electron chi connectivity index (χ1n) is 5.99. The van der Waals surface area contributed by atoms with E-state index in [1.165, 1.54) is 0 Å². The first kappa shape index (κ1) is 13.2. The normalized spacial score (nSPS) is 24.2. The molecule has 0 amide bonds. The van der Waals surface area contributed by atoms with Gasteiger partial charge < -0.3 is 5.11 Å². The molecule has 0 unspecified atom stereocenters. The topological polar surface area (TPSA) is 87.0 Å². The van der Waals surface area contributed by atoms with Crippen LogP contribution in [-0.4, -0.2) is 49.1 Å². The van der Waals surface area contributed by atoms with E-state index in [1.807, 2.05) is 4.90 Å². The predicted octanol–water partition coefficient (Wildman–Crippen LogP) is 0.615.